The van der Waals surface area contributed by atoms with Gasteiger partial charge in [-0.3, -0.25) is 9.69 Å². The highest BCUT2D eigenvalue weighted by molar-refractivity contribution is 6.14. The smallest absolute Gasteiger partial charge is 0.266 e. The third-order valence-corrected chi connectivity index (χ3v) is 2.80. The normalized spacial score (nSPS) is 20.0. The van der Waals surface area contributed by atoms with Crippen LogP contribution >= 0.6 is 0 Å². The number of benzene rings is 2. The molecule has 94 valence electrons. The van der Waals surface area contributed by atoms with Crippen molar-refractivity contribution in [2.45, 2.75) is 6.85 Å². The lowest BCUT2D eigenvalue weighted by Gasteiger charge is -2.32. The number of carbonyl (C=O) groups is 1. The topological polar surface area (TPSA) is 32.3 Å². The van der Waals surface area contributed by atoms with Gasteiger partial charge in [-0.25, -0.2) is 0 Å². The maximum Gasteiger partial charge on any atom is 0.266 e. The van der Waals surface area contributed by atoms with Gasteiger partial charge in [0.25, 0.3) is 5.91 Å². The summed E-state index contributed by atoms with van der Waals surface area (Å²) in [5, 5.41) is 2.87. The average Bonchev–Trinajstić information content (AvgIpc) is 2.56. The molecule has 2 aromatic carbocycles. The number of rotatable bonds is 1. The third kappa shape index (κ3) is 1.80. The Kier molecular flexibility index (Phi) is 1.37. The molecule has 0 spiro atoms. The van der Waals surface area contributed by atoms with Crippen LogP contribution in [0.15, 0.2) is 60.8 Å². The summed E-state index contributed by atoms with van der Waals surface area (Å²) >= 11 is 0. The molecule has 1 aliphatic heterocycles. The predicted octanol–water partition coefficient (Wildman–Crippen LogP) is 3.54. The molecule has 19 heavy (non-hydrogen) atoms. The number of hydrogen-bond acceptors (Lipinski definition) is 2. The Bertz CT molecular complexity index is 953. The van der Waals surface area contributed by atoms with Crippen LogP contribution in [0.25, 0.3) is 0 Å². The minimum Gasteiger partial charge on any atom is -0.341 e. The number of anilines is 2. The molecule has 0 fully saturated rings. The maximum atomic E-state index is 13.0. The van der Waals surface area contributed by atoms with Crippen LogP contribution in [0.4, 0.5) is 11.4 Å². The molecule has 3 heteroatoms. The molecule has 0 unspecified atom stereocenters. The molecule has 1 N–H and O–H groups in total. The zero-order valence-electron chi connectivity index (χ0n) is 16.9. The fourth-order valence-electron chi connectivity index (χ4n) is 1.94. The van der Waals surface area contributed by atoms with Crippen molar-refractivity contribution in [1.29, 1.82) is 0 Å². The number of hydrogen-bond donors (Lipinski definition) is 1. The highest BCUT2D eigenvalue weighted by atomic mass is 16.2. The van der Waals surface area contributed by atoms with Crippen molar-refractivity contribution < 1.29 is 14.4 Å². The largest absolute Gasteiger partial charge is 0.341 e. The van der Waals surface area contributed by atoms with Gasteiger partial charge < -0.3 is 5.32 Å². The Balaban J connectivity index is 2.34. The van der Waals surface area contributed by atoms with Gasteiger partial charge in [0, 0.05) is 4.11 Å². The third-order valence-electron chi connectivity index (χ3n) is 2.80. The minimum atomic E-state index is -2.86. The Labute approximate surface area is 122 Å². The summed E-state index contributed by atoms with van der Waals surface area (Å²) in [5.74, 6) is -0.621. The molecule has 1 amide bonds. The SMILES string of the molecule is [2H]c1c([2H])c([2H])c(C([2H])([2H])[2H])c(N2C(=C)Nc3ccccc3C2=O)c1[2H]. The van der Waals surface area contributed by atoms with Crippen LogP contribution in [-0.4, -0.2) is 5.91 Å². The molecular formula is C16H14N2O. The Morgan fingerprint density at radius 1 is 1.32 bits per heavy atom. The molecule has 3 nitrogen and oxygen atoms in total. The monoisotopic (exact) mass is 257 g/mol. The van der Waals surface area contributed by atoms with Crippen LogP contribution in [0, 0.1) is 6.85 Å². The molecule has 0 radical (unpaired) electrons. The van der Waals surface area contributed by atoms with E-state index >= 15 is 0 Å². The standard InChI is InChI=1S/C16H14N2O/c1-11-7-3-6-10-15(11)18-12(2)17-14-9-5-4-8-13(14)16(18)19/h3-10,17H,2H2,1H3/i1D3,3D,6D,7D,10D. The average molecular weight is 257 g/mol. The summed E-state index contributed by atoms with van der Waals surface area (Å²) in [6.07, 6.45) is 0. The first-order chi connectivity index (χ1) is 12.1. The van der Waals surface area contributed by atoms with Crippen LogP contribution in [0.3, 0.4) is 0 Å². The number of nitrogens with zero attached hydrogens (tertiary/aromatic N) is 1. The van der Waals surface area contributed by atoms with E-state index < -0.39 is 48.2 Å². The lowest BCUT2D eigenvalue weighted by Crippen LogP contribution is -2.37. The van der Waals surface area contributed by atoms with Gasteiger partial charge in [-0.05, 0) is 30.6 Å². The van der Waals surface area contributed by atoms with Crippen molar-refractivity contribution in [3.05, 3.63) is 72.0 Å². The summed E-state index contributed by atoms with van der Waals surface area (Å²) in [7, 11) is 0. The van der Waals surface area contributed by atoms with Gasteiger partial charge in [0.15, 0.2) is 0 Å². The van der Waals surface area contributed by atoms with Crippen LogP contribution in [0.2, 0.25) is 0 Å². The van der Waals surface area contributed by atoms with Crippen molar-refractivity contribution in [2.75, 3.05) is 10.2 Å². The molecule has 1 aliphatic rings. The fourth-order valence-corrected chi connectivity index (χ4v) is 1.94. The van der Waals surface area contributed by atoms with Gasteiger partial charge in [-0.15, -0.1) is 0 Å². The second kappa shape index (κ2) is 4.28. The summed E-state index contributed by atoms with van der Waals surface area (Å²) in [4.78, 5) is 13.8. The number of fused-ring (bicyclic) bond motifs is 1. The first-order valence-electron chi connectivity index (χ1n) is 9.06. The summed E-state index contributed by atoms with van der Waals surface area (Å²) in [5.41, 5.74) is -0.328. The van der Waals surface area contributed by atoms with Gasteiger partial charge in [-0.1, -0.05) is 36.8 Å². The van der Waals surface area contributed by atoms with E-state index in [-0.39, 0.29) is 11.4 Å². The van der Waals surface area contributed by atoms with Crippen molar-refractivity contribution >= 4 is 17.3 Å². The van der Waals surface area contributed by atoms with Gasteiger partial charge >= 0.3 is 0 Å². The summed E-state index contributed by atoms with van der Waals surface area (Å²) in [6, 6.07) is 3.91. The summed E-state index contributed by atoms with van der Waals surface area (Å²) in [6.45, 7) is 0.867. The van der Waals surface area contributed by atoms with Gasteiger partial charge in [0.1, 0.15) is 5.82 Å². The number of amides is 1. The van der Waals surface area contributed by atoms with E-state index in [2.05, 4.69) is 11.9 Å². The van der Waals surface area contributed by atoms with E-state index in [0.717, 1.165) is 4.90 Å². The lowest BCUT2D eigenvalue weighted by molar-refractivity contribution is 0.0993. The van der Waals surface area contributed by atoms with Crippen LogP contribution in [-0.2, 0) is 0 Å². The molecule has 0 bridgehead atoms. The van der Waals surface area contributed by atoms with E-state index in [4.69, 9.17) is 9.60 Å². The quantitative estimate of drug-likeness (QED) is 0.847. The summed E-state index contributed by atoms with van der Waals surface area (Å²) < 4.78 is 54.9. The molecule has 0 aromatic heterocycles. The van der Waals surface area contributed by atoms with Crippen molar-refractivity contribution in [3.63, 3.8) is 0 Å². The molecule has 1 heterocycles. The molecule has 0 saturated carbocycles. The van der Waals surface area contributed by atoms with Gasteiger partial charge in [-0.2, -0.15) is 0 Å². The zero-order chi connectivity index (χ0) is 19.4. The Morgan fingerprint density at radius 3 is 2.95 bits per heavy atom. The van der Waals surface area contributed by atoms with Crippen molar-refractivity contribution in [3.8, 4) is 0 Å². The Hall–Kier alpha value is -2.55. The van der Waals surface area contributed by atoms with Crippen LogP contribution in [0.1, 0.15) is 25.5 Å². The number of carbonyl (C=O) groups excluding carboxylic acids is 1. The lowest BCUT2D eigenvalue weighted by atomic mass is 10.1. The second-order valence-corrected chi connectivity index (χ2v) is 3.98. The van der Waals surface area contributed by atoms with Crippen LogP contribution in [0.5, 0.6) is 0 Å². The van der Waals surface area contributed by atoms with E-state index in [9.17, 15) is 4.79 Å². The first kappa shape index (κ1) is 6.06. The minimum absolute atomic E-state index is 0.00392. The van der Waals surface area contributed by atoms with Gasteiger partial charge in [0.2, 0.25) is 0 Å². The first-order valence-corrected chi connectivity index (χ1v) is 5.56. The molecule has 0 saturated heterocycles. The molecule has 2 aromatic rings. The van der Waals surface area contributed by atoms with E-state index in [1.54, 1.807) is 18.2 Å². The Morgan fingerprint density at radius 2 is 2.11 bits per heavy atom. The van der Waals surface area contributed by atoms with E-state index in [1.165, 1.54) is 6.07 Å². The van der Waals surface area contributed by atoms with Crippen molar-refractivity contribution in [1.82, 2.24) is 0 Å². The molecule has 0 aliphatic carbocycles. The highest BCUT2D eigenvalue weighted by Crippen LogP contribution is 2.31. The predicted molar refractivity (Wildman–Crippen MR) is 77.2 cm³/mol. The van der Waals surface area contributed by atoms with E-state index in [1.807, 2.05) is 0 Å². The molecule has 0 atom stereocenters. The van der Waals surface area contributed by atoms with E-state index in [0.29, 0.717) is 5.69 Å². The number of nitrogens with one attached hydrogen (secondary N) is 1. The highest BCUT2D eigenvalue weighted by Gasteiger charge is 2.28. The zero-order valence-corrected chi connectivity index (χ0v) is 9.87. The fraction of sp³-hybridized carbons (Fsp3) is 0.0625. The molecular weight excluding hydrogens is 236 g/mol. The van der Waals surface area contributed by atoms with Crippen LogP contribution < -0.4 is 10.2 Å². The van der Waals surface area contributed by atoms with Crippen molar-refractivity contribution in [2.24, 2.45) is 0 Å². The second-order valence-electron chi connectivity index (χ2n) is 3.98. The number of para-hydroxylation sites is 2. The van der Waals surface area contributed by atoms with Gasteiger partial charge in [0.05, 0.1) is 22.4 Å². The molecule has 3 rings (SSSR count). The maximum absolute atomic E-state index is 13.0.